The first-order valence-corrected chi connectivity index (χ1v) is 12.3. The first kappa shape index (κ1) is 25.8. The average molecular weight is 498 g/mol. The summed E-state index contributed by atoms with van der Waals surface area (Å²) >= 11 is 0. The fraction of sp³-hybridized carbons (Fsp3) is 0.481. The van der Waals surface area contributed by atoms with Gasteiger partial charge >= 0.3 is 6.03 Å². The van der Waals surface area contributed by atoms with Crippen molar-refractivity contribution in [2.75, 3.05) is 47.6 Å². The van der Waals surface area contributed by atoms with Crippen LogP contribution in [0.3, 0.4) is 0 Å². The van der Waals surface area contributed by atoms with Gasteiger partial charge in [-0.3, -0.25) is 14.6 Å². The van der Waals surface area contributed by atoms with Crippen LogP contribution in [0.4, 0.5) is 4.79 Å². The summed E-state index contributed by atoms with van der Waals surface area (Å²) < 4.78 is 15.6. The van der Waals surface area contributed by atoms with E-state index in [-0.39, 0.29) is 24.2 Å². The van der Waals surface area contributed by atoms with Gasteiger partial charge in [0.2, 0.25) is 0 Å². The van der Waals surface area contributed by atoms with E-state index in [2.05, 4.69) is 4.90 Å². The lowest BCUT2D eigenvalue weighted by atomic mass is 9.85. The van der Waals surface area contributed by atoms with Crippen LogP contribution in [0.15, 0.2) is 42.5 Å². The predicted molar refractivity (Wildman–Crippen MR) is 134 cm³/mol. The Kier molecular flexibility index (Phi) is 8.01. The minimum absolute atomic E-state index is 0.132. The van der Waals surface area contributed by atoms with Crippen molar-refractivity contribution in [2.45, 2.75) is 37.9 Å². The molecule has 0 aliphatic carbocycles. The van der Waals surface area contributed by atoms with E-state index in [4.69, 9.17) is 14.2 Å². The minimum Gasteiger partial charge on any atom is -0.507 e. The Morgan fingerprint density at radius 2 is 1.58 bits per heavy atom. The van der Waals surface area contributed by atoms with Crippen LogP contribution in [0.25, 0.3) is 0 Å². The maximum atomic E-state index is 13.8. The Morgan fingerprint density at radius 1 is 0.917 bits per heavy atom. The molecule has 0 aromatic heterocycles. The van der Waals surface area contributed by atoms with Gasteiger partial charge in [-0.15, -0.1) is 0 Å². The van der Waals surface area contributed by atoms with Crippen molar-refractivity contribution in [2.24, 2.45) is 0 Å². The van der Waals surface area contributed by atoms with Crippen molar-refractivity contribution in [3.8, 4) is 17.2 Å². The largest absolute Gasteiger partial charge is 0.507 e. The number of likely N-dealkylation sites (tertiary alicyclic amines) is 1. The second kappa shape index (κ2) is 11.2. The Bertz CT molecular complexity index is 1070. The van der Waals surface area contributed by atoms with E-state index in [1.165, 1.54) is 4.90 Å². The topological polar surface area (TPSA) is 91.8 Å². The molecule has 194 valence electrons. The van der Waals surface area contributed by atoms with E-state index in [9.17, 15) is 14.7 Å². The zero-order valence-electron chi connectivity index (χ0n) is 21.2. The molecule has 2 aromatic carbocycles. The summed E-state index contributed by atoms with van der Waals surface area (Å²) in [5, 5.41) is 10.4. The van der Waals surface area contributed by atoms with Gasteiger partial charge in [-0.2, -0.15) is 0 Å². The van der Waals surface area contributed by atoms with Gasteiger partial charge in [0.25, 0.3) is 5.91 Å². The van der Waals surface area contributed by atoms with Crippen LogP contribution in [-0.2, 0) is 22.6 Å². The van der Waals surface area contributed by atoms with Crippen LogP contribution in [0.5, 0.6) is 17.2 Å². The summed E-state index contributed by atoms with van der Waals surface area (Å²) in [5.41, 5.74) is 0.827. The molecule has 2 aromatic rings. The number of amides is 3. The van der Waals surface area contributed by atoms with E-state index in [1.54, 1.807) is 32.3 Å². The van der Waals surface area contributed by atoms with Crippen molar-refractivity contribution >= 4 is 11.9 Å². The molecule has 0 bridgehead atoms. The molecule has 9 heteroatoms. The highest BCUT2D eigenvalue weighted by Gasteiger charge is 2.57. The van der Waals surface area contributed by atoms with Gasteiger partial charge in [0.1, 0.15) is 22.8 Å². The summed E-state index contributed by atoms with van der Waals surface area (Å²) in [7, 11) is 4.80. The third-order valence-corrected chi connectivity index (χ3v) is 7.22. The van der Waals surface area contributed by atoms with Crippen LogP contribution in [0, 0.1) is 0 Å². The quantitative estimate of drug-likeness (QED) is 0.398. The molecule has 2 aliphatic rings. The van der Waals surface area contributed by atoms with E-state index in [0.717, 1.165) is 16.9 Å². The Balaban J connectivity index is 1.49. The van der Waals surface area contributed by atoms with Crippen LogP contribution in [-0.4, -0.2) is 84.9 Å². The third-order valence-electron chi connectivity index (χ3n) is 7.22. The highest BCUT2D eigenvalue weighted by Crippen LogP contribution is 2.39. The maximum absolute atomic E-state index is 13.8. The number of methoxy groups -OCH3 is 3. The predicted octanol–water partition coefficient (Wildman–Crippen LogP) is 3.24. The number of piperidine rings is 1. The maximum Gasteiger partial charge on any atom is 0.327 e. The fourth-order valence-corrected chi connectivity index (χ4v) is 5.12. The summed E-state index contributed by atoms with van der Waals surface area (Å²) in [5.74, 6) is 1.39. The molecule has 0 saturated carbocycles. The molecule has 9 nitrogen and oxygen atoms in total. The molecular weight excluding hydrogens is 462 g/mol. The van der Waals surface area contributed by atoms with Gasteiger partial charge < -0.3 is 24.2 Å². The first-order chi connectivity index (χ1) is 17.4. The number of phenolic OH excluding ortho intramolecular Hbond substituents is 1. The standard InChI is InChI=1S/C27H35N3O6/c1-34-16-4-13-30-26(33)29(18-20-5-8-22(35-2)9-6-20)25(32)27(30)11-14-28(15-12-27)19-21-7-10-23(36-3)17-24(21)31/h5-10,17,31H,4,11-16,18-19H2,1-3H3. The molecular formula is C27H35N3O6. The van der Waals surface area contributed by atoms with Crippen molar-refractivity contribution in [1.82, 2.24) is 14.7 Å². The number of nitrogens with zero attached hydrogens (tertiary/aromatic N) is 3. The van der Waals surface area contributed by atoms with Crippen LogP contribution < -0.4 is 9.47 Å². The Hall–Kier alpha value is -3.30. The molecule has 0 atom stereocenters. The first-order valence-electron chi connectivity index (χ1n) is 12.3. The molecule has 1 spiro atoms. The molecule has 2 aliphatic heterocycles. The number of urea groups is 1. The third kappa shape index (κ3) is 5.12. The SMILES string of the molecule is COCCCN1C(=O)N(Cc2ccc(OC)cc2)C(=O)C12CCN(Cc1ccc(OC)cc1O)CC2. The van der Waals surface area contributed by atoms with Crippen molar-refractivity contribution in [3.05, 3.63) is 53.6 Å². The summed E-state index contributed by atoms with van der Waals surface area (Å²) in [6.45, 7) is 3.07. The zero-order valence-corrected chi connectivity index (χ0v) is 21.2. The van der Waals surface area contributed by atoms with Crippen molar-refractivity contribution in [1.29, 1.82) is 0 Å². The van der Waals surface area contributed by atoms with Gasteiger partial charge in [-0.05, 0) is 43.0 Å². The molecule has 3 amide bonds. The average Bonchev–Trinajstić information content (AvgIpc) is 3.08. The molecule has 2 fully saturated rings. The highest BCUT2D eigenvalue weighted by atomic mass is 16.5. The fourth-order valence-electron chi connectivity index (χ4n) is 5.12. The van der Waals surface area contributed by atoms with Gasteiger partial charge in [-0.25, -0.2) is 4.79 Å². The lowest BCUT2D eigenvalue weighted by Gasteiger charge is -2.42. The molecule has 0 radical (unpaired) electrons. The van der Waals surface area contributed by atoms with Crippen molar-refractivity contribution in [3.63, 3.8) is 0 Å². The lowest BCUT2D eigenvalue weighted by Crippen LogP contribution is -2.56. The Labute approximate surface area is 212 Å². The van der Waals surface area contributed by atoms with Crippen LogP contribution >= 0.6 is 0 Å². The molecule has 2 heterocycles. The number of carbonyl (C=O) groups is 2. The smallest absolute Gasteiger partial charge is 0.327 e. The summed E-state index contributed by atoms with van der Waals surface area (Å²) in [6.07, 6.45) is 1.75. The monoisotopic (exact) mass is 497 g/mol. The molecule has 36 heavy (non-hydrogen) atoms. The second-order valence-corrected chi connectivity index (χ2v) is 9.32. The number of hydrogen-bond acceptors (Lipinski definition) is 7. The number of carbonyl (C=O) groups excluding carboxylic acids is 2. The number of imide groups is 1. The summed E-state index contributed by atoms with van der Waals surface area (Å²) in [4.78, 5) is 32.6. The van der Waals surface area contributed by atoms with Crippen LogP contribution in [0.2, 0.25) is 0 Å². The number of phenols is 1. The second-order valence-electron chi connectivity index (χ2n) is 9.32. The van der Waals surface area contributed by atoms with Gasteiger partial charge in [0.05, 0.1) is 20.8 Å². The number of ether oxygens (including phenoxy) is 3. The lowest BCUT2D eigenvalue weighted by molar-refractivity contribution is -0.136. The highest BCUT2D eigenvalue weighted by molar-refractivity contribution is 6.07. The zero-order chi connectivity index (χ0) is 25.7. The summed E-state index contributed by atoms with van der Waals surface area (Å²) in [6, 6.07) is 12.5. The van der Waals surface area contributed by atoms with E-state index < -0.39 is 5.54 Å². The minimum atomic E-state index is -0.851. The molecule has 4 rings (SSSR count). The number of hydrogen-bond donors (Lipinski definition) is 1. The number of aromatic hydroxyl groups is 1. The van der Waals surface area contributed by atoms with Crippen LogP contribution in [0.1, 0.15) is 30.4 Å². The van der Waals surface area contributed by atoms with E-state index >= 15 is 0 Å². The number of benzene rings is 2. The molecule has 2 saturated heterocycles. The van der Waals surface area contributed by atoms with Crippen molar-refractivity contribution < 1.29 is 28.9 Å². The normalized spacial score (nSPS) is 17.8. The van der Waals surface area contributed by atoms with Gasteiger partial charge in [-0.1, -0.05) is 18.2 Å². The van der Waals surface area contributed by atoms with Gasteiger partial charge in [0.15, 0.2) is 0 Å². The van der Waals surface area contributed by atoms with E-state index in [0.29, 0.717) is 57.8 Å². The molecule has 1 N–H and O–H groups in total. The van der Waals surface area contributed by atoms with E-state index in [1.807, 2.05) is 36.4 Å². The molecule has 0 unspecified atom stereocenters. The Morgan fingerprint density at radius 3 is 2.19 bits per heavy atom. The number of rotatable bonds is 10. The van der Waals surface area contributed by atoms with Gasteiger partial charge in [0, 0.05) is 51.5 Å².